The standard InChI is InChI=1S/C10H10NO/c1-2-4-9-8(7-12)5-3-6-10(9)11/h2-3,5-6H,1,4,11H2. The molecule has 0 aliphatic rings. The first-order valence-corrected chi connectivity index (χ1v) is 3.66. The van der Waals surface area contributed by atoms with Crippen LogP contribution < -0.4 is 5.73 Å². The summed E-state index contributed by atoms with van der Waals surface area (Å²) in [5, 5.41) is 0. The predicted molar refractivity (Wildman–Crippen MR) is 49.6 cm³/mol. The molecule has 0 unspecified atom stereocenters. The van der Waals surface area contributed by atoms with Crippen molar-refractivity contribution < 1.29 is 4.79 Å². The molecule has 2 heteroatoms. The zero-order valence-corrected chi connectivity index (χ0v) is 6.71. The van der Waals surface area contributed by atoms with Gasteiger partial charge in [0.15, 0.2) is 0 Å². The second kappa shape index (κ2) is 3.72. The van der Waals surface area contributed by atoms with Crippen LogP contribution in [0.5, 0.6) is 0 Å². The molecule has 0 fully saturated rings. The Morgan fingerprint density at radius 1 is 1.58 bits per heavy atom. The molecule has 0 aromatic heterocycles. The Bertz CT molecular complexity index is 305. The lowest BCUT2D eigenvalue weighted by Crippen LogP contribution is -1.97. The summed E-state index contributed by atoms with van der Waals surface area (Å²) in [6.45, 7) is 3.59. The maximum atomic E-state index is 10.4. The maximum Gasteiger partial charge on any atom is 0.233 e. The van der Waals surface area contributed by atoms with Crippen molar-refractivity contribution in [2.24, 2.45) is 0 Å². The van der Waals surface area contributed by atoms with Crippen LogP contribution in [-0.2, 0) is 11.2 Å². The van der Waals surface area contributed by atoms with Crippen LogP contribution in [-0.4, -0.2) is 6.29 Å². The van der Waals surface area contributed by atoms with E-state index in [9.17, 15) is 4.79 Å². The third kappa shape index (κ3) is 1.53. The fraction of sp³-hybridized carbons (Fsp3) is 0.100. The molecule has 61 valence electrons. The van der Waals surface area contributed by atoms with Crippen molar-refractivity contribution in [1.82, 2.24) is 0 Å². The molecule has 0 aliphatic heterocycles. The van der Waals surface area contributed by atoms with Gasteiger partial charge in [-0.05, 0) is 18.1 Å². The first kappa shape index (κ1) is 8.53. The quantitative estimate of drug-likeness (QED) is 0.537. The van der Waals surface area contributed by atoms with Crippen LogP contribution in [0.4, 0.5) is 5.69 Å². The molecule has 0 heterocycles. The molecule has 0 atom stereocenters. The van der Waals surface area contributed by atoms with Crippen LogP contribution in [0.1, 0.15) is 11.1 Å². The molecule has 0 saturated heterocycles. The number of nitrogens with two attached hydrogens (primary N) is 1. The fourth-order valence-corrected chi connectivity index (χ4v) is 1.07. The van der Waals surface area contributed by atoms with E-state index in [0.717, 1.165) is 5.56 Å². The van der Waals surface area contributed by atoms with Gasteiger partial charge in [-0.2, -0.15) is 0 Å². The molecule has 0 saturated carbocycles. The Hall–Kier alpha value is -1.57. The summed E-state index contributed by atoms with van der Waals surface area (Å²) in [7, 11) is 0. The van der Waals surface area contributed by atoms with Gasteiger partial charge in [-0.15, -0.1) is 6.58 Å². The summed E-state index contributed by atoms with van der Waals surface area (Å²) >= 11 is 0. The summed E-state index contributed by atoms with van der Waals surface area (Å²) in [5.74, 6) is 0. The van der Waals surface area contributed by atoms with Crippen LogP contribution in [0.15, 0.2) is 30.9 Å². The number of benzene rings is 1. The van der Waals surface area contributed by atoms with Gasteiger partial charge in [0, 0.05) is 11.3 Å². The van der Waals surface area contributed by atoms with Gasteiger partial charge in [-0.25, -0.2) is 0 Å². The minimum absolute atomic E-state index is 0.523. The Morgan fingerprint density at radius 2 is 2.33 bits per heavy atom. The van der Waals surface area contributed by atoms with Crippen molar-refractivity contribution in [2.75, 3.05) is 5.73 Å². The topological polar surface area (TPSA) is 43.1 Å². The van der Waals surface area contributed by atoms with Gasteiger partial charge in [0.05, 0.1) is 0 Å². The third-order valence-electron chi connectivity index (χ3n) is 1.67. The van der Waals surface area contributed by atoms with E-state index in [2.05, 4.69) is 6.58 Å². The molecular weight excluding hydrogens is 150 g/mol. The predicted octanol–water partition coefficient (Wildman–Crippen LogP) is 1.46. The number of hydrogen-bond donors (Lipinski definition) is 1. The highest BCUT2D eigenvalue weighted by Crippen LogP contribution is 2.15. The summed E-state index contributed by atoms with van der Waals surface area (Å²) < 4.78 is 0. The van der Waals surface area contributed by atoms with Gasteiger partial charge >= 0.3 is 0 Å². The molecular formula is C10H10NO. The van der Waals surface area contributed by atoms with Crippen LogP contribution in [0.2, 0.25) is 0 Å². The van der Waals surface area contributed by atoms with E-state index in [-0.39, 0.29) is 0 Å². The van der Waals surface area contributed by atoms with Crippen LogP contribution >= 0.6 is 0 Å². The number of carbonyl (C=O) groups excluding carboxylic acids is 1. The van der Waals surface area contributed by atoms with Crippen molar-refractivity contribution in [2.45, 2.75) is 6.42 Å². The molecule has 2 nitrogen and oxygen atoms in total. The van der Waals surface area contributed by atoms with Gasteiger partial charge in [-0.3, -0.25) is 4.79 Å². The van der Waals surface area contributed by atoms with Crippen molar-refractivity contribution in [3.05, 3.63) is 42.0 Å². The van der Waals surface area contributed by atoms with Gasteiger partial charge in [0.25, 0.3) is 0 Å². The lowest BCUT2D eigenvalue weighted by Gasteiger charge is -2.03. The van der Waals surface area contributed by atoms with Crippen LogP contribution in [0.3, 0.4) is 0 Å². The van der Waals surface area contributed by atoms with E-state index >= 15 is 0 Å². The molecule has 12 heavy (non-hydrogen) atoms. The van der Waals surface area contributed by atoms with Gasteiger partial charge in [-0.1, -0.05) is 18.2 Å². The van der Waals surface area contributed by atoms with Crippen LogP contribution in [0.25, 0.3) is 0 Å². The summed E-state index contributed by atoms with van der Waals surface area (Å²) in [5.41, 5.74) is 7.61. The molecule has 1 aromatic rings. The van der Waals surface area contributed by atoms with Crippen molar-refractivity contribution >= 4 is 12.0 Å². The average molecular weight is 160 g/mol. The molecule has 0 amide bonds. The van der Waals surface area contributed by atoms with Gasteiger partial charge < -0.3 is 5.73 Å². The molecule has 1 aromatic carbocycles. The first-order chi connectivity index (χ1) is 5.79. The normalized spacial score (nSPS) is 9.33. The summed E-state index contributed by atoms with van der Waals surface area (Å²) in [4.78, 5) is 10.4. The number of allylic oxidation sites excluding steroid dienone is 1. The zero-order valence-electron chi connectivity index (χ0n) is 6.71. The second-order valence-electron chi connectivity index (χ2n) is 2.47. The Morgan fingerprint density at radius 3 is 2.92 bits per heavy atom. The lowest BCUT2D eigenvalue weighted by molar-refractivity contribution is 0.562. The zero-order chi connectivity index (χ0) is 8.97. The number of nitrogen functional groups attached to an aromatic ring is 1. The van der Waals surface area contributed by atoms with Crippen molar-refractivity contribution in [3.8, 4) is 0 Å². The van der Waals surface area contributed by atoms with E-state index in [1.165, 1.54) is 0 Å². The number of hydrogen-bond acceptors (Lipinski definition) is 2. The smallest absolute Gasteiger partial charge is 0.233 e. The van der Waals surface area contributed by atoms with Gasteiger partial charge in [0.1, 0.15) is 0 Å². The Kier molecular flexibility index (Phi) is 2.64. The highest BCUT2D eigenvalue weighted by molar-refractivity contribution is 5.80. The number of anilines is 1. The fourth-order valence-electron chi connectivity index (χ4n) is 1.07. The second-order valence-corrected chi connectivity index (χ2v) is 2.47. The summed E-state index contributed by atoms with van der Waals surface area (Å²) in [6, 6.07) is 5.20. The van der Waals surface area contributed by atoms with E-state index in [1.807, 2.05) is 6.29 Å². The number of rotatable bonds is 3. The molecule has 2 N–H and O–H groups in total. The first-order valence-electron chi connectivity index (χ1n) is 3.66. The summed E-state index contributed by atoms with van der Waals surface area (Å²) in [6.07, 6.45) is 4.17. The van der Waals surface area contributed by atoms with E-state index in [0.29, 0.717) is 17.7 Å². The molecule has 0 spiro atoms. The van der Waals surface area contributed by atoms with E-state index in [4.69, 9.17) is 5.73 Å². The minimum Gasteiger partial charge on any atom is -0.398 e. The van der Waals surface area contributed by atoms with E-state index < -0.39 is 0 Å². The molecule has 0 aliphatic carbocycles. The monoisotopic (exact) mass is 160 g/mol. The minimum atomic E-state index is 0.523. The molecule has 1 rings (SSSR count). The largest absolute Gasteiger partial charge is 0.398 e. The SMILES string of the molecule is C=CCc1c(N)cccc1[C]=O. The highest BCUT2D eigenvalue weighted by Gasteiger charge is 2.03. The van der Waals surface area contributed by atoms with E-state index in [1.54, 1.807) is 24.3 Å². The third-order valence-corrected chi connectivity index (χ3v) is 1.67. The lowest BCUT2D eigenvalue weighted by atomic mass is 10.0. The Labute approximate surface area is 71.7 Å². The molecule has 0 bridgehead atoms. The highest BCUT2D eigenvalue weighted by atomic mass is 16.1. The average Bonchev–Trinajstić information content (AvgIpc) is 2.09. The Balaban J connectivity index is 3.18. The van der Waals surface area contributed by atoms with Gasteiger partial charge in [0.2, 0.25) is 6.29 Å². The van der Waals surface area contributed by atoms with Crippen molar-refractivity contribution in [3.63, 3.8) is 0 Å². The van der Waals surface area contributed by atoms with Crippen molar-refractivity contribution in [1.29, 1.82) is 0 Å². The molecule has 1 radical (unpaired) electrons. The maximum absolute atomic E-state index is 10.4. The van der Waals surface area contributed by atoms with Crippen LogP contribution in [0, 0.1) is 0 Å².